The summed E-state index contributed by atoms with van der Waals surface area (Å²) in [6.07, 6.45) is 0.294. The standard InChI is InChI=1S/C7H16N2O4S/c1-14(12,13)9-4-2-8(3-5-9)7(11)6-10/h7,10-11H,2-6H2,1H3. The third-order valence-electron chi connectivity index (χ3n) is 2.33. The maximum atomic E-state index is 11.1. The van der Waals surface area contributed by atoms with E-state index in [2.05, 4.69) is 0 Å². The minimum atomic E-state index is -3.12. The lowest BCUT2D eigenvalue weighted by Crippen LogP contribution is -2.52. The topological polar surface area (TPSA) is 81.1 Å². The molecule has 7 heteroatoms. The van der Waals surface area contributed by atoms with Crippen LogP contribution < -0.4 is 0 Å². The molecule has 14 heavy (non-hydrogen) atoms. The lowest BCUT2D eigenvalue weighted by molar-refractivity contribution is -0.0471. The van der Waals surface area contributed by atoms with Gasteiger partial charge in [0.25, 0.3) is 0 Å². The Hall–Kier alpha value is -0.210. The van der Waals surface area contributed by atoms with E-state index in [9.17, 15) is 13.5 Å². The van der Waals surface area contributed by atoms with Crippen molar-refractivity contribution in [3.8, 4) is 0 Å². The largest absolute Gasteiger partial charge is 0.392 e. The van der Waals surface area contributed by atoms with Gasteiger partial charge in [0.1, 0.15) is 6.23 Å². The molecule has 2 N–H and O–H groups in total. The van der Waals surface area contributed by atoms with Crippen molar-refractivity contribution in [1.29, 1.82) is 0 Å². The van der Waals surface area contributed by atoms with Gasteiger partial charge >= 0.3 is 0 Å². The van der Waals surface area contributed by atoms with Crippen LogP contribution in [0.15, 0.2) is 0 Å². The molecule has 1 fully saturated rings. The monoisotopic (exact) mass is 224 g/mol. The minimum absolute atomic E-state index is 0.321. The Morgan fingerprint density at radius 2 is 1.79 bits per heavy atom. The highest BCUT2D eigenvalue weighted by Crippen LogP contribution is 2.07. The molecule has 1 aliphatic rings. The molecule has 0 aromatic heterocycles. The van der Waals surface area contributed by atoms with E-state index in [-0.39, 0.29) is 6.61 Å². The Balaban J connectivity index is 2.47. The van der Waals surface area contributed by atoms with Gasteiger partial charge in [-0.05, 0) is 0 Å². The summed E-state index contributed by atoms with van der Waals surface area (Å²) in [6.45, 7) is 1.33. The Kier molecular flexibility index (Phi) is 3.85. The summed E-state index contributed by atoms with van der Waals surface area (Å²) in [7, 11) is -3.12. The highest BCUT2D eigenvalue weighted by atomic mass is 32.2. The first kappa shape index (κ1) is 11.9. The van der Waals surface area contributed by atoms with Crippen molar-refractivity contribution in [2.45, 2.75) is 6.23 Å². The molecule has 0 aliphatic carbocycles. The number of rotatable bonds is 3. The van der Waals surface area contributed by atoms with Crippen molar-refractivity contribution in [3.05, 3.63) is 0 Å². The predicted molar refractivity (Wildman–Crippen MR) is 51.1 cm³/mol. The number of sulfonamides is 1. The Bertz CT molecular complexity index is 271. The van der Waals surface area contributed by atoms with E-state index >= 15 is 0 Å². The molecule has 1 heterocycles. The van der Waals surface area contributed by atoms with Crippen LogP contribution in [0.1, 0.15) is 0 Å². The molecule has 0 amide bonds. The van der Waals surface area contributed by atoms with E-state index in [4.69, 9.17) is 5.11 Å². The fourth-order valence-electron chi connectivity index (χ4n) is 1.45. The fraction of sp³-hybridized carbons (Fsp3) is 1.00. The zero-order valence-corrected chi connectivity index (χ0v) is 8.94. The highest BCUT2D eigenvalue weighted by Gasteiger charge is 2.26. The lowest BCUT2D eigenvalue weighted by atomic mass is 10.3. The lowest BCUT2D eigenvalue weighted by Gasteiger charge is -2.35. The second-order valence-electron chi connectivity index (χ2n) is 3.36. The summed E-state index contributed by atoms with van der Waals surface area (Å²) in [6, 6.07) is 0. The summed E-state index contributed by atoms with van der Waals surface area (Å²) in [5, 5.41) is 18.0. The van der Waals surface area contributed by atoms with Crippen molar-refractivity contribution >= 4 is 10.0 Å². The summed E-state index contributed by atoms with van der Waals surface area (Å²) in [5.41, 5.74) is 0. The molecule has 0 aromatic rings. The smallest absolute Gasteiger partial charge is 0.211 e. The van der Waals surface area contributed by atoms with Crippen LogP contribution in [0.3, 0.4) is 0 Å². The van der Waals surface area contributed by atoms with E-state index in [1.54, 1.807) is 4.90 Å². The van der Waals surface area contributed by atoms with Gasteiger partial charge in [0.05, 0.1) is 12.9 Å². The second kappa shape index (κ2) is 4.54. The van der Waals surface area contributed by atoms with E-state index in [1.807, 2.05) is 0 Å². The molecular weight excluding hydrogens is 208 g/mol. The number of aliphatic hydroxyl groups excluding tert-OH is 2. The highest BCUT2D eigenvalue weighted by molar-refractivity contribution is 7.88. The number of hydrogen-bond donors (Lipinski definition) is 2. The van der Waals surface area contributed by atoms with Gasteiger partial charge in [0.2, 0.25) is 10.0 Å². The van der Waals surface area contributed by atoms with Gasteiger partial charge in [-0.3, -0.25) is 4.90 Å². The zero-order chi connectivity index (χ0) is 10.8. The van der Waals surface area contributed by atoms with Crippen LogP contribution in [0.4, 0.5) is 0 Å². The molecule has 0 spiro atoms. The molecule has 0 bridgehead atoms. The van der Waals surface area contributed by atoms with E-state index < -0.39 is 16.3 Å². The number of hydrogen-bond acceptors (Lipinski definition) is 5. The maximum absolute atomic E-state index is 11.1. The van der Waals surface area contributed by atoms with Crippen molar-refractivity contribution in [2.75, 3.05) is 39.0 Å². The first-order chi connectivity index (χ1) is 6.45. The predicted octanol–water partition coefficient (Wildman–Crippen LogP) is -2.13. The molecule has 0 aromatic carbocycles. The summed E-state index contributed by atoms with van der Waals surface area (Å²) >= 11 is 0. The first-order valence-electron chi connectivity index (χ1n) is 4.43. The van der Waals surface area contributed by atoms with Crippen molar-refractivity contribution in [2.24, 2.45) is 0 Å². The zero-order valence-electron chi connectivity index (χ0n) is 8.13. The van der Waals surface area contributed by atoms with Crippen molar-refractivity contribution in [1.82, 2.24) is 9.21 Å². The van der Waals surface area contributed by atoms with Crippen LogP contribution in [0.25, 0.3) is 0 Å². The molecule has 0 saturated carbocycles. The molecule has 0 radical (unpaired) electrons. The molecule has 1 atom stereocenters. The molecule has 6 nitrogen and oxygen atoms in total. The average Bonchev–Trinajstić information content (AvgIpc) is 2.15. The van der Waals surface area contributed by atoms with E-state index in [0.717, 1.165) is 0 Å². The van der Waals surface area contributed by atoms with Crippen molar-refractivity contribution < 1.29 is 18.6 Å². The van der Waals surface area contributed by atoms with Gasteiger partial charge in [0.15, 0.2) is 0 Å². The number of aliphatic hydroxyl groups is 2. The third kappa shape index (κ3) is 2.89. The maximum Gasteiger partial charge on any atom is 0.211 e. The molecule has 1 rings (SSSR count). The van der Waals surface area contributed by atoms with E-state index in [1.165, 1.54) is 10.6 Å². The van der Waals surface area contributed by atoms with E-state index in [0.29, 0.717) is 26.2 Å². The summed E-state index contributed by atoms with van der Waals surface area (Å²) in [4.78, 5) is 1.65. The van der Waals surface area contributed by atoms with Crippen LogP contribution in [-0.4, -0.2) is 73.1 Å². The number of piperazine rings is 1. The van der Waals surface area contributed by atoms with Crippen LogP contribution in [0, 0.1) is 0 Å². The Morgan fingerprint density at radius 3 is 2.14 bits per heavy atom. The van der Waals surface area contributed by atoms with Gasteiger partial charge in [-0.1, -0.05) is 0 Å². The van der Waals surface area contributed by atoms with Crippen LogP contribution in [0.2, 0.25) is 0 Å². The average molecular weight is 224 g/mol. The molecule has 1 unspecified atom stereocenters. The van der Waals surface area contributed by atoms with Crippen LogP contribution in [0.5, 0.6) is 0 Å². The normalized spacial score (nSPS) is 23.6. The fourth-order valence-corrected chi connectivity index (χ4v) is 2.28. The minimum Gasteiger partial charge on any atom is -0.392 e. The molecular formula is C7H16N2O4S. The molecule has 84 valence electrons. The second-order valence-corrected chi connectivity index (χ2v) is 5.34. The molecule has 1 saturated heterocycles. The Morgan fingerprint density at radius 1 is 1.29 bits per heavy atom. The van der Waals surface area contributed by atoms with Gasteiger partial charge in [-0.15, -0.1) is 0 Å². The molecule has 1 aliphatic heterocycles. The van der Waals surface area contributed by atoms with Gasteiger partial charge in [-0.25, -0.2) is 8.42 Å². The van der Waals surface area contributed by atoms with Crippen molar-refractivity contribution in [3.63, 3.8) is 0 Å². The van der Waals surface area contributed by atoms with Crippen LogP contribution in [-0.2, 0) is 10.0 Å². The number of nitrogens with zero attached hydrogens (tertiary/aromatic N) is 2. The van der Waals surface area contributed by atoms with Crippen LogP contribution >= 0.6 is 0 Å². The summed E-state index contributed by atoms with van der Waals surface area (Å²) < 4.78 is 23.6. The first-order valence-corrected chi connectivity index (χ1v) is 6.28. The Labute approximate surface area is 83.8 Å². The quantitative estimate of drug-likeness (QED) is 0.572. The van der Waals surface area contributed by atoms with Gasteiger partial charge in [-0.2, -0.15) is 4.31 Å². The third-order valence-corrected chi connectivity index (χ3v) is 3.63. The summed E-state index contributed by atoms with van der Waals surface area (Å²) in [5.74, 6) is 0. The van der Waals surface area contributed by atoms with Gasteiger partial charge < -0.3 is 10.2 Å². The van der Waals surface area contributed by atoms with Gasteiger partial charge in [0, 0.05) is 26.2 Å². The SMILES string of the molecule is CS(=O)(=O)N1CCN(C(O)CO)CC1.